The van der Waals surface area contributed by atoms with Gasteiger partial charge < -0.3 is 20.4 Å². The van der Waals surface area contributed by atoms with Crippen LogP contribution in [0.5, 0.6) is 0 Å². The minimum Gasteiger partial charge on any atom is -0.356 e. The van der Waals surface area contributed by atoms with Crippen molar-refractivity contribution < 1.29 is 4.79 Å². The molecular formula is C24H39N5O. The summed E-state index contributed by atoms with van der Waals surface area (Å²) < 4.78 is 0. The molecule has 2 heterocycles. The molecule has 2 aliphatic rings. The van der Waals surface area contributed by atoms with Gasteiger partial charge in [-0.05, 0) is 42.7 Å². The number of nitrogens with one attached hydrogen (secondary N) is 2. The molecule has 0 aliphatic carbocycles. The topological polar surface area (TPSA) is 60.0 Å². The average molecular weight is 414 g/mol. The Morgan fingerprint density at radius 2 is 1.90 bits per heavy atom. The molecule has 6 nitrogen and oxygen atoms in total. The molecule has 0 radical (unpaired) electrons. The second-order valence-electron chi connectivity index (χ2n) is 9.05. The number of rotatable bonds is 7. The van der Waals surface area contributed by atoms with Gasteiger partial charge in [0.25, 0.3) is 0 Å². The van der Waals surface area contributed by atoms with Crippen LogP contribution in [-0.4, -0.2) is 67.5 Å². The lowest BCUT2D eigenvalue weighted by atomic mass is 9.99. The van der Waals surface area contributed by atoms with Crippen LogP contribution in [0.1, 0.15) is 50.7 Å². The maximum atomic E-state index is 12.6. The zero-order valence-corrected chi connectivity index (χ0v) is 19.0. The molecule has 1 fully saturated rings. The van der Waals surface area contributed by atoms with Crippen LogP contribution in [0.3, 0.4) is 0 Å². The van der Waals surface area contributed by atoms with E-state index in [-0.39, 0.29) is 5.91 Å². The third-order valence-corrected chi connectivity index (χ3v) is 6.12. The summed E-state index contributed by atoms with van der Waals surface area (Å²) in [5.41, 5.74) is 2.67. The number of piperidine rings is 1. The first kappa shape index (κ1) is 22.6. The first-order valence-corrected chi connectivity index (χ1v) is 11.6. The minimum absolute atomic E-state index is 0.256. The molecule has 0 spiro atoms. The molecule has 1 saturated heterocycles. The summed E-state index contributed by atoms with van der Waals surface area (Å²) in [7, 11) is 1.82. The Kier molecular flexibility index (Phi) is 8.55. The largest absolute Gasteiger partial charge is 0.356 e. The number of amides is 1. The molecule has 1 amide bonds. The summed E-state index contributed by atoms with van der Waals surface area (Å²) in [4.78, 5) is 21.5. The maximum absolute atomic E-state index is 12.6. The summed E-state index contributed by atoms with van der Waals surface area (Å²) in [6, 6.07) is 8.93. The molecular weight excluding hydrogens is 374 g/mol. The highest BCUT2D eigenvalue weighted by Gasteiger charge is 2.21. The van der Waals surface area contributed by atoms with Crippen molar-refractivity contribution in [1.82, 2.24) is 20.4 Å². The number of carbonyl (C=O) groups is 1. The van der Waals surface area contributed by atoms with E-state index in [0.717, 1.165) is 70.3 Å². The predicted molar refractivity (Wildman–Crippen MR) is 124 cm³/mol. The highest BCUT2D eigenvalue weighted by atomic mass is 16.2. The molecule has 0 saturated carbocycles. The SMILES string of the molecule is CN=C(NCCCC(=O)N1CCc2ccccc2C1)NC1CCN(CC(C)C)CC1. The van der Waals surface area contributed by atoms with E-state index in [4.69, 9.17) is 0 Å². The fourth-order valence-corrected chi connectivity index (χ4v) is 4.48. The van der Waals surface area contributed by atoms with Gasteiger partial charge in [0.15, 0.2) is 5.96 Å². The molecule has 1 aromatic carbocycles. The lowest BCUT2D eigenvalue weighted by Crippen LogP contribution is -2.49. The van der Waals surface area contributed by atoms with Gasteiger partial charge in [-0.3, -0.25) is 9.79 Å². The number of aliphatic imine (C=N–C) groups is 1. The molecule has 3 rings (SSSR count). The molecule has 0 bridgehead atoms. The zero-order valence-electron chi connectivity index (χ0n) is 19.0. The van der Waals surface area contributed by atoms with Crippen molar-refractivity contribution in [2.75, 3.05) is 39.8 Å². The molecule has 2 aliphatic heterocycles. The van der Waals surface area contributed by atoms with E-state index in [2.05, 4.69) is 58.6 Å². The van der Waals surface area contributed by atoms with Crippen molar-refractivity contribution in [3.63, 3.8) is 0 Å². The van der Waals surface area contributed by atoms with Gasteiger partial charge in [0.1, 0.15) is 0 Å². The van der Waals surface area contributed by atoms with Gasteiger partial charge in [0, 0.05) is 58.8 Å². The minimum atomic E-state index is 0.256. The fourth-order valence-electron chi connectivity index (χ4n) is 4.48. The van der Waals surface area contributed by atoms with Crippen LogP contribution < -0.4 is 10.6 Å². The number of hydrogen-bond acceptors (Lipinski definition) is 3. The number of hydrogen-bond donors (Lipinski definition) is 2. The van der Waals surface area contributed by atoms with Crippen LogP contribution in [0.15, 0.2) is 29.3 Å². The van der Waals surface area contributed by atoms with E-state index in [1.165, 1.54) is 17.7 Å². The van der Waals surface area contributed by atoms with Crippen molar-refractivity contribution in [1.29, 1.82) is 0 Å². The lowest BCUT2D eigenvalue weighted by Gasteiger charge is -2.34. The van der Waals surface area contributed by atoms with Crippen LogP contribution >= 0.6 is 0 Å². The number of fused-ring (bicyclic) bond motifs is 1. The molecule has 0 aromatic heterocycles. The van der Waals surface area contributed by atoms with Crippen molar-refractivity contribution in [3.05, 3.63) is 35.4 Å². The summed E-state index contributed by atoms with van der Waals surface area (Å²) in [6.45, 7) is 10.4. The van der Waals surface area contributed by atoms with E-state index in [9.17, 15) is 4.79 Å². The lowest BCUT2D eigenvalue weighted by molar-refractivity contribution is -0.132. The fraction of sp³-hybridized carbons (Fsp3) is 0.667. The first-order chi connectivity index (χ1) is 14.5. The van der Waals surface area contributed by atoms with Gasteiger partial charge >= 0.3 is 0 Å². The van der Waals surface area contributed by atoms with Crippen molar-refractivity contribution >= 4 is 11.9 Å². The van der Waals surface area contributed by atoms with E-state index in [0.29, 0.717) is 12.5 Å². The number of carbonyl (C=O) groups excluding carboxylic acids is 1. The monoisotopic (exact) mass is 413 g/mol. The second-order valence-corrected chi connectivity index (χ2v) is 9.05. The van der Waals surface area contributed by atoms with Gasteiger partial charge in [-0.15, -0.1) is 0 Å². The van der Waals surface area contributed by atoms with Crippen LogP contribution in [0.25, 0.3) is 0 Å². The smallest absolute Gasteiger partial charge is 0.222 e. The van der Waals surface area contributed by atoms with Crippen molar-refractivity contribution in [3.8, 4) is 0 Å². The normalized spacial score (nSPS) is 18.4. The van der Waals surface area contributed by atoms with E-state index in [1.54, 1.807) is 0 Å². The Balaban J connectivity index is 1.32. The third kappa shape index (κ3) is 6.73. The number of benzene rings is 1. The summed E-state index contributed by atoms with van der Waals surface area (Å²) in [5, 5.41) is 6.95. The van der Waals surface area contributed by atoms with E-state index in [1.807, 2.05) is 11.9 Å². The summed E-state index contributed by atoms with van der Waals surface area (Å²) in [6.07, 6.45) is 4.68. The average Bonchev–Trinajstić information content (AvgIpc) is 2.76. The molecule has 6 heteroatoms. The highest BCUT2D eigenvalue weighted by Crippen LogP contribution is 2.19. The van der Waals surface area contributed by atoms with E-state index < -0.39 is 0 Å². The van der Waals surface area contributed by atoms with Gasteiger partial charge in [-0.2, -0.15) is 0 Å². The van der Waals surface area contributed by atoms with Crippen molar-refractivity contribution in [2.24, 2.45) is 10.9 Å². The van der Waals surface area contributed by atoms with Crippen LogP contribution in [0.4, 0.5) is 0 Å². The predicted octanol–water partition coefficient (Wildman–Crippen LogP) is 2.64. The van der Waals surface area contributed by atoms with Crippen molar-refractivity contribution in [2.45, 2.75) is 58.5 Å². The summed E-state index contributed by atoms with van der Waals surface area (Å²) in [5.74, 6) is 1.84. The Hall–Kier alpha value is -2.08. The van der Waals surface area contributed by atoms with Gasteiger partial charge in [0.2, 0.25) is 5.91 Å². The van der Waals surface area contributed by atoms with Gasteiger partial charge in [-0.25, -0.2) is 0 Å². The Morgan fingerprint density at radius 1 is 1.17 bits per heavy atom. The molecule has 1 aromatic rings. The molecule has 166 valence electrons. The van der Waals surface area contributed by atoms with E-state index >= 15 is 0 Å². The highest BCUT2D eigenvalue weighted by molar-refractivity contribution is 5.80. The Morgan fingerprint density at radius 3 is 2.60 bits per heavy atom. The second kappa shape index (κ2) is 11.3. The Bertz CT molecular complexity index is 709. The number of nitrogens with zero attached hydrogens (tertiary/aromatic N) is 3. The third-order valence-electron chi connectivity index (χ3n) is 6.12. The maximum Gasteiger partial charge on any atom is 0.222 e. The van der Waals surface area contributed by atoms with Crippen LogP contribution in [0.2, 0.25) is 0 Å². The molecule has 0 atom stereocenters. The van der Waals surface area contributed by atoms with Gasteiger partial charge in [-0.1, -0.05) is 38.1 Å². The number of likely N-dealkylation sites (tertiary alicyclic amines) is 1. The Labute approximate surface area is 182 Å². The zero-order chi connectivity index (χ0) is 21.3. The number of guanidine groups is 1. The molecule has 2 N–H and O–H groups in total. The molecule has 0 unspecified atom stereocenters. The first-order valence-electron chi connectivity index (χ1n) is 11.6. The summed E-state index contributed by atoms with van der Waals surface area (Å²) >= 11 is 0. The molecule has 30 heavy (non-hydrogen) atoms. The quantitative estimate of drug-likeness (QED) is 0.410. The van der Waals surface area contributed by atoms with Gasteiger partial charge in [0.05, 0.1) is 0 Å². The standard InChI is InChI=1S/C24H39N5O/c1-19(2)17-28-14-11-22(12-15-28)27-24(25-3)26-13-6-9-23(30)29-16-10-20-7-4-5-8-21(20)18-29/h4-5,7-8,19,22H,6,9-18H2,1-3H3,(H2,25,26,27). The van der Waals surface area contributed by atoms with Crippen LogP contribution in [-0.2, 0) is 17.8 Å². The van der Waals surface area contributed by atoms with Crippen LogP contribution in [0, 0.1) is 5.92 Å².